The molecule has 0 N–H and O–H groups in total. The van der Waals surface area contributed by atoms with E-state index in [0.717, 1.165) is 5.75 Å². The fraction of sp³-hybridized carbons (Fsp3) is 0.500. The summed E-state index contributed by atoms with van der Waals surface area (Å²) in [6, 6.07) is 6.81. The van der Waals surface area contributed by atoms with Crippen LogP contribution < -0.4 is 0 Å². The van der Waals surface area contributed by atoms with Crippen molar-refractivity contribution in [2.24, 2.45) is 0 Å². The molecule has 2 heterocycles. The lowest BCUT2D eigenvalue weighted by molar-refractivity contribution is -0.131. The molecule has 2 amide bonds. The first-order valence-corrected chi connectivity index (χ1v) is 8.75. The van der Waals surface area contributed by atoms with Crippen molar-refractivity contribution < 1.29 is 18.7 Å². The van der Waals surface area contributed by atoms with Gasteiger partial charge in [-0.15, -0.1) is 0 Å². The topological polar surface area (TPSA) is 49.9 Å². The summed E-state index contributed by atoms with van der Waals surface area (Å²) in [6.45, 7) is 2.07. The Morgan fingerprint density at radius 2 is 2.13 bits per heavy atom. The monoisotopic (exact) mass is 338 g/mol. The fourth-order valence-electron chi connectivity index (χ4n) is 2.84. The summed E-state index contributed by atoms with van der Waals surface area (Å²) in [6.07, 6.45) is 0.286. The predicted molar refractivity (Wildman–Crippen MR) is 85.7 cm³/mol. The van der Waals surface area contributed by atoms with E-state index in [0.29, 0.717) is 38.2 Å². The van der Waals surface area contributed by atoms with E-state index < -0.39 is 6.09 Å². The highest BCUT2D eigenvalue weighted by Crippen LogP contribution is 2.35. The summed E-state index contributed by atoms with van der Waals surface area (Å²) in [5, 5.41) is 0.0609. The Morgan fingerprint density at radius 1 is 1.30 bits per heavy atom. The van der Waals surface area contributed by atoms with Crippen LogP contribution in [-0.2, 0) is 9.53 Å². The number of nitrogens with zero attached hydrogens (tertiary/aromatic N) is 2. The standard InChI is InChI=1S/C16H19FN2O3S/c17-13-4-2-1-3-12(13)14-5-6-18(8-10-23-14)15(20)11-19-7-9-22-16(19)21/h1-4,14H,5-11H2. The molecule has 1 atom stereocenters. The molecule has 23 heavy (non-hydrogen) atoms. The Morgan fingerprint density at radius 3 is 2.87 bits per heavy atom. The smallest absolute Gasteiger partial charge is 0.410 e. The third-order valence-corrected chi connectivity index (χ3v) is 5.43. The number of amides is 2. The molecule has 2 aliphatic heterocycles. The minimum atomic E-state index is -0.424. The summed E-state index contributed by atoms with van der Waals surface area (Å²) in [5.74, 6) is 0.498. The van der Waals surface area contributed by atoms with Gasteiger partial charge >= 0.3 is 6.09 Å². The van der Waals surface area contributed by atoms with Crippen molar-refractivity contribution in [2.75, 3.05) is 38.5 Å². The Bertz CT molecular complexity index is 598. The normalized spacial score (nSPS) is 22.0. The lowest BCUT2D eigenvalue weighted by Crippen LogP contribution is -2.41. The summed E-state index contributed by atoms with van der Waals surface area (Å²) in [4.78, 5) is 27.0. The number of hydrogen-bond donors (Lipinski definition) is 0. The van der Waals surface area contributed by atoms with E-state index in [1.165, 1.54) is 11.0 Å². The second kappa shape index (κ2) is 7.21. The van der Waals surface area contributed by atoms with Gasteiger partial charge in [0.2, 0.25) is 5.91 Å². The van der Waals surface area contributed by atoms with Crippen LogP contribution in [0.3, 0.4) is 0 Å². The molecule has 3 rings (SSSR count). The zero-order valence-electron chi connectivity index (χ0n) is 12.7. The number of benzene rings is 1. The number of halogens is 1. The van der Waals surface area contributed by atoms with Gasteiger partial charge in [-0.05, 0) is 12.5 Å². The molecule has 1 aromatic carbocycles. The molecule has 2 aliphatic rings. The molecular formula is C16H19FN2O3S. The Kier molecular flexibility index (Phi) is 5.05. The minimum absolute atomic E-state index is 0.0609. The van der Waals surface area contributed by atoms with Gasteiger partial charge in [0.15, 0.2) is 0 Å². The van der Waals surface area contributed by atoms with Gasteiger partial charge in [-0.2, -0.15) is 11.8 Å². The Balaban J connectivity index is 1.59. The first kappa shape index (κ1) is 16.1. The maximum atomic E-state index is 13.9. The average molecular weight is 338 g/mol. The van der Waals surface area contributed by atoms with E-state index in [1.807, 2.05) is 12.1 Å². The molecule has 0 aromatic heterocycles. The SMILES string of the molecule is O=C(CN1CCOC1=O)N1CCSC(c2ccccc2F)CC1. The quantitative estimate of drug-likeness (QED) is 0.848. The highest BCUT2D eigenvalue weighted by atomic mass is 32.2. The van der Waals surface area contributed by atoms with Gasteiger partial charge in [-0.1, -0.05) is 18.2 Å². The maximum absolute atomic E-state index is 13.9. The first-order valence-electron chi connectivity index (χ1n) is 7.70. The summed E-state index contributed by atoms with van der Waals surface area (Å²) >= 11 is 1.68. The van der Waals surface area contributed by atoms with Crippen LogP contribution in [0.15, 0.2) is 24.3 Å². The van der Waals surface area contributed by atoms with Crippen molar-refractivity contribution >= 4 is 23.8 Å². The largest absolute Gasteiger partial charge is 0.448 e. The van der Waals surface area contributed by atoms with E-state index >= 15 is 0 Å². The van der Waals surface area contributed by atoms with Crippen molar-refractivity contribution in [3.63, 3.8) is 0 Å². The highest BCUT2D eigenvalue weighted by molar-refractivity contribution is 7.99. The molecule has 5 nitrogen and oxygen atoms in total. The van der Waals surface area contributed by atoms with Gasteiger partial charge in [0, 0.05) is 29.7 Å². The van der Waals surface area contributed by atoms with E-state index in [1.54, 1.807) is 22.7 Å². The molecule has 0 spiro atoms. The molecule has 0 aliphatic carbocycles. The zero-order chi connectivity index (χ0) is 16.2. The van der Waals surface area contributed by atoms with Gasteiger partial charge < -0.3 is 9.64 Å². The molecule has 2 saturated heterocycles. The van der Waals surface area contributed by atoms with Crippen LogP contribution in [0.2, 0.25) is 0 Å². The molecular weight excluding hydrogens is 319 g/mol. The van der Waals surface area contributed by atoms with Gasteiger partial charge in [0.25, 0.3) is 0 Å². The number of cyclic esters (lactones) is 1. The second-order valence-electron chi connectivity index (χ2n) is 5.59. The highest BCUT2D eigenvalue weighted by Gasteiger charge is 2.28. The zero-order valence-corrected chi connectivity index (χ0v) is 13.6. The number of thioether (sulfide) groups is 1. The van der Waals surface area contributed by atoms with Crippen LogP contribution in [0.1, 0.15) is 17.2 Å². The van der Waals surface area contributed by atoms with Crippen LogP contribution in [0.25, 0.3) is 0 Å². The average Bonchev–Trinajstić information content (AvgIpc) is 2.81. The Hall–Kier alpha value is -1.76. The molecule has 7 heteroatoms. The predicted octanol–water partition coefficient (Wildman–Crippen LogP) is 2.28. The lowest BCUT2D eigenvalue weighted by atomic mass is 10.1. The Labute approximate surface area is 138 Å². The van der Waals surface area contributed by atoms with E-state index in [9.17, 15) is 14.0 Å². The van der Waals surface area contributed by atoms with Crippen LogP contribution >= 0.6 is 11.8 Å². The third-order valence-electron chi connectivity index (χ3n) is 4.12. The molecule has 124 valence electrons. The van der Waals surface area contributed by atoms with Crippen LogP contribution in [-0.4, -0.2) is 60.3 Å². The number of carbonyl (C=O) groups excluding carboxylic acids is 2. The van der Waals surface area contributed by atoms with Gasteiger partial charge in [0.1, 0.15) is 19.0 Å². The van der Waals surface area contributed by atoms with Crippen molar-refractivity contribution in [3.05, 3.63) is 35.6 Å². The number of hydrogen-bond acceptors (Lipinski definition) is 4. The minimum Gasteiger partial charge on any atom is -0.448 e. The van der Waals surface area contributed by atoms with Crippen molar-refractivity contribution in [2.45, 2.75) is 11.7 Å². The maximum Gasteiger partial charge on any atom is 0.410 e. The fourth-order valence-corrected chi connectivity index (χ4v) is 4.09. The number of rotatable bonds is 3. The third kappa shape index (κ3) is 3.77. The van der Waals surface area contributed by atoms with Crippen molar-refractivity contribution in [1.82, 2.24) is 9.80 Å². The van der Waals surface area contributed by atoms with Gasteiger partial charge in [0.05, 0.1) is 6.54 Å². The molecule has 0 saturated carbocycles. The summed E-state index contributed by atoms with van der Waals surface area (Å²) in [7, 11) is 0. The molecule has 0 bridgehead atoms. The lowest BCUT2D eigenvalue weighted by Gasteiger charge is -2.22. The van der Waals surface area contributed by atoms with E-state index in [2.05, 4.69) is 0 Å². The van der Waals surface area contributed by atoms with E-state index in [4.69, 9.17) is 4.74 Å². The first-order chi connectivity index (χ1) is 11.1. The second-order valence-corrected chi connectivity index (χ2v) is 6.90. The van der Waals surface area contributed by atoms with Crippen molar-refractivity contribution in [3.8, 4) is 0 Å². The summed E-state index contributed by atoms with van der Waals surface area (Å²) < 4.78 is 18.8. The van der Waals surface area contributed by atoms with Gasteiger partial charge in [-0.25, -0.2) is 9.18 Å². The van der Waals surface area contributed by atoms with E-state index in [-0.39, 0.29) is 23.5 Å². The molecule has 1 aromatic rings. The summed E-state index contributed by atoms with van der Waals surface area (Å²) in [5.41, 5.74) is 0.704. The van der Waals surface area contributed by atoms with Crippen LogP contribution in [0.4, 0.5) is 9.18 Å². The van der Waals surface area contributed by atoms with Crippen LogP contribution in [0, 0.1) is 5.82 Å². The van der Waals surface area contributed by atoms with Crippen LogP contribution in [0.5, 0.6) is 0 Å². The number of ether oxygens (including phenoxy) is 1. The number of carbonyl (C=O) groups is 2. The molecule has 2 fully saturated rings. The van der Waals surface area contributed by atoms with Gasteiger partial charge in [-0.3, -0.25) is 9.69 Å². The van der Waals surface area contributed by atoms with Crippen molar-refractivity contribution in [1.29, 1.82) is 0 Å². The molecule has 1 unspecified atom stereocenters. The molecule has 0 radical (unpaired) electrons.